The molecule has 0 bridgehead atoms. The molecule has 0 amide bonds. The van der Waals surface area contributed by atoms with Crippen molar-refractivity contribution in [2.24, 2.45) is 0 Å². The summed E-state index contributed by atoms with van der Waals surface area (Å²) in [6.45, 7) is 13.1. The van der Waals surface area contributed by atoms with Gasteiger partial charge in [0, 0.05) is 23.2 Å². The molecule has 31 heavy (non-hydrogen) atoms. The number of benzene rings is 3. The Hall–Kier alpha value is -2.91. The maximum absolute atomic E-state index is 14.0. The van der Waals surface area contributed by atoms with Crippen LogP contribution in [-0.2, 0) is 6.54 Å². The summed E-state index contributed by atoms with van der Waals surface area (Å²) >= 11 is 0. The van der Waals surface area contributed by atoms with Crippen molar-refractivity contribution in [2.45, 2.75) is 60.6 Å². The van der Waals surface area contributed by atoms with Crippen LogP contribution in [0.1, 0.15) is 57.2 Å². The fourth-order valence-electron chi connectivity index (χ4n) is 4.85. The number of aromatic nitrogens is 1. The molecule has 0 spiro atoms. The number of hydrogen-bond acceptors (Lipinski definition) is 2. The first-order valence-electron chi connectivity index (χ1n) is 11.0. The number of ketones is 1. The normalized spacial score (nSPS) is 12.6. The number of carbonyl (C=O) groups is 1. The summed E-state index contributed by atoms with van der Waals surface area (Å²) in [5, 5.41) is 13.0. The molecule has 3 aromatic carbocycles. The number of aliphatic hydroxyl groups excluding tert-OH is 1. The van der Waals surface area contributed by atoms with Gasteiger partial charge in [-0.25, -0.2) is 0 Å². The van der Waals surface area contributed by atoms with Gasteiger partial charge in [-0.1, -0.05) is 42.5 Å². The van der Waals surface area contributed by atoms with Crippen LogP contribution in [0.15, 0.2) is 42.5 Å². The highest BCUT2D eigenvalue weighted by atomic mass is 16.3. The van der Waals surface area contributed by atoms with E-state index >= 15 is 0 Å². The molecule has 1 atom stereocenters. The molecule has 1 unspecified atom stereocenters. The Kier molecular flexibility index (Phi) is 5.49. The maximum Gasteiger partial charge on any atom is 0.196 e. The van der Waals surface area contributed by atoms with Crippen LogP contribution in [-0.4, -0.2) is 21.6 Å². The lowest BCUT2D eigenvalue weighted by Crippen LogP contribution is -2.10. The summed E-state index contributed by atoms with van der Waals surface area (Å²) in [6, 6.07) is 14.0. The average molecular weight is 414 g/mol. The van der Waals surface area contributed by atoms with Crippen LogP contribution in [0.5, 0.6) is 0 Å². The van der Waals surface area contributed by atoms with E-state index in [0.29, 0.717) is 13.0 Å². The molecule has 1 aromatic heterocycles. The minimum absolute atomic E-state index is 0.0702. The highest BCUT2D eigenvalue weighted by Gasteiger charge is 2.26. The van der Waals surface area contributed by atoms with E-state index in [4.69, 9.17) is 0 Å². The lowest BCUT2D eigenvalue weighted by Gasteiger charge is -2.15. The van der Waals surface area contributed by atoms with Gasteiger partial charge in [0.05, 0.1) is 17.2 Å². The van der Waals surface area contributed by atoms with Gasteiger partial charge in [0.2, 0.25) is 0 Å². The Balaban J connectivity index is 2.06. The minimum atomic E-state index is -0.387. The number of nitrogens with zero attached hydrogens (tertiary/aromatic N) is 1. The van der Waals surface area contributed by atoms with Crippen molar-refractivity contribution in [3.63, 3.8) is 0 Å². The zero-order valence-corrected chi connectivity index (χ0v) is 19.3. The topological polar surface area (TPSA) is 42.2 Å². The van der Waals surface area contributed by atoms with Gasteiger partial charge in [0.1, 0.15) is 0 Å². The van der Waals surface area contributed by atoms with E-state index in [-0.39, 0.29) is 11.9 Å². The molecule has 1 N–H and O–H groups in total. The Labute approximate surface area is 184 Å². The van der Waals surface area contributed by atoms with E-state index in [1.54, 1.807) is 0 Å². The Bertz CT molecular complexity index is 1320. The van der Waals surface area contributed by atoms with E-state index in [9.17, 15) is 9.90 Å². The second-order valence-electron chi connectivity index (χ2n) is 8.83. The molecule has 0 radical (unpaired) electrons. The first-order valence-corrected chi connectivity index (χ1v) is 11.0. The summed E-state index contributed by atoms with van der Waals surface area (Å²) in [5.41, 5.74) is 8.53. The highest BCUT2D eigenvalue weighted by Crippen LogP contribution is 2.37. The SMILES string of the molecule is Cc1c(C)c(C)c2c(c1C)c(C(=O)c1cccc3ccccc13)c(C)n2CCC(C)O. The van der Waals surface area contributed by atoms with E-state index in [1.165, 1.54) is 22.3 Å². The molecule has 0 aliphatic rings. The van der Waals surface area contributed by atoms with E-state index in [0.717, 1.165) is 38.5 Å². The Morgan fingerprint density at radius 2 is 1.55 bits per heavy atom. The van der Waals surface area contributed by atoms with Crippen molar-refractivity contribution in [3.8, 4) is 0 Å². The molecule has 0 aliphatic heterocycles. The summed E-state index contributed by atoms with van der Waals surface area (Å²) in [6.07, 6.45) is 0.264. The van der Waals surface area contributed by atoms with Gasteiger partial charge in [-0.15, -0.1) is 0 Å². The third-order valence-corrected chi connectivity index (χ3v) is 6.97. The molecule has 1 heterocycles. The second-order valence-corrected chi connectivity index (χ2v) is 8.83. The summed E-state index contributed by atoms with van der Waals surface area (Å²) in [7, 11) is 0. The molecule has 0 saturated carbocycles. The zero-order chi connectivity index (χ0) is 22.4. The molecule has 4 aromatic rings. The van der Waals surface area contributed by atoms with Gasteiger partial charge in [-0.3, -0.25) is 4.79 Å². The number of aliphatic hydroxyl groups is 1. The van der Waals surface area contributed by atoms with Crippen molar-refractivity contribution in [2.75, 3.05) is 0 Å². The van der Waals surface area contributed by atoms with Crippen LogP contribution in [0, 0.1) is 34.6 Å². The van der Waals surface area contributed by atoms with E-state index in [2.05, 4.69) is 32.3 Å². The second kappa shape index (κ2) is 7.97. The van der Waals surface area contributed by atoms with Crippen molar-refractivity contribution in [1.82, 2.24) is 4.57 Å². The Morgan fingerprint density at radius 1 is 0.903 bits per heavy atom. The van der Waals surface area contributed by atoms with Crippen LogP contribution in [0.2, 0.25) is 0 Å². The van der Waals surface area contributed by atoms with E-state index < -0.39 is 0 Å². The van der Waals surface area contributed by atoms with Gasteiger partial charge in [0.15, 0.2) is 5.78 Å². The van der Waals surface area contributed by atoms with Gasteiger partial charge >= 0.3 is 0 Å². The third kappa shape index (κ3) is 3.37. The fourth-order valence-corrected chi connectivity index (χ4v) is 4.85. The standard InChI is InChI=1S/C28H31NO2/c1-16(30)14-15-29-21(6)26(25-19(4)17(2)18(3)20(5)27(25)29)28(31)24-13-9-11-22-10-7-8-12-23(22)24/h7-13,16,30H,14-15H2,1-6H3. The summed E-state index contributed by atoms with van der Waals surface area (Å²) in [4.78, 5) is 14.0. The van der Waals surface area contributed by atoms with Crippen molar-refractivity contribution in [3.05, 3.63) is 81.5 Å². The largest absolute Gasteiger partial charge is 0.393 e. The first-order chi connectivity index (χ1) is 14.7. The van der Waals surface area contributed by atoms with Crippen molar-refractivity contribution < 1.29 is 9.90 Å². The van der Waals surface area contributed by atoms with Gasteiger partial charge < -0.3 is 9.67 Å². The first kappa shape index (κ1) is 21.3. The fraction of sp³-hybridized carbons (Fsp3) is 0.321. The van der Waals surface area contributed by atoms with Crippen LogP contribution in [0.3, 0.4) is 0 Å². The van der Waals surface area contributed by atoms with E-state index in [1.807, 2.05) is 56.3 Å². The van der Waals surface area contributed by atoms with Crippen molar-refractivity contribution >= 4 is 27.5 Å². The molecule has 0 fully saturated rings. The molecule has 160 valence electrons. The molecule has 0 aliphatic carbocycles. The van der Waals surface area contributed by atoms with Crippen LogP contribution in [0.25, 0.3) is 21.7 Å². The van der Waals surface area contributed by atoms with Crippen LogP contribution >= 0.6 is 0 Å². The van der Waals surface area contributed by atoms with Crippen LogP contribution < -0.4 is 0 Å². The average Bonchev–Trinajstić information content (AvgIpc) is 3.06. The summed E-state index contributed by atoms with van der Waals surface area (Å²) < 4.78 is 2.25. The monoisotopic (exact) mass is 413 g/mol. The van der Waals surface area contributed by atoms with Gasteiger partial charge in [-0.05, 0) is 81.0 Å². The summed E-state index contributed by atoms with van der Waals surface area (Å²) in [5.74, 6) is 0.0702. The maximum atomic E-state index is 14.0. The molecule has 3 heteroatoms. The number of aryl methyl sites for hydroxylation is 3. The molecular weight excluding hydrogens is 382 g/mol. The predicted molar refractivity (Wildman–Crippen MR) is 129 cm³/mol. The lowest BCUT2D eigenvalue weighted by molar-refractivity contribution is 0.104. The highest BCUT2D eigenvalue weighted by molar-refractivity contribution is 6.23. The zero-order valence-electron chi connectivity index (χ0n) is 19.3. The number of rotatable bonds is 5. The van der Waals surface area contributed by atoms with Crippen LogP contribution in [0.4, 0.5) is 0 Å². The molecular formula is C28H31NO2. The molecule has 3 nitrogen and oxygen atoms in total. The molecule has 0 saturated heterocycles. The predicted octanol–water partition coefficient (Wildman–Crippen LogP) is 6.34. The quantitative estimate of drug-likeness (QED) is 0.388. The van der Waals surface area contributed by atoms with Crippen molar-refractivity contribution in [1.29, 1.82) is 0 Å². The number of hydrogen-bond donors (Lipinski definition) is 1. The minimum Gasteiger partial charge on any atom is -0.393 e. The lowest BCUT2D eigenvalue weighted by atomic mass is 9.90. The third-order valence-electron chi connectivity index (χ3n) is 6.97. The smallest absolute Gasteiger partial charge is 0.196 e. The van der Waals surface area contributed by atoms with Gasteiger partial charge in [0.25, 0.3) is 0 Å². The molecule has 4 rings (SSSR count). The van der Waals surface area contributed by atoms with Gasteiger partial charge in [-0.2, -0.15) is 0 Å². The Morgan fingerprint density at radius 3 is 2.26 bits per heavy atom. The number of fused-ring (bicyclic) bond motifs is 2. The number of carbonyl (C=O) groups excluding carboxylic acids is 1.